The smallest absolute Gasteiger partial charge is 0.292 e. The van der Waals surface area contributed by atoms with Crippen LogP contribution in [0.25, 0.3) is 0 Å². The number of nitro groups is 1. The van der Waals surface area contributed by atoms with Crippen LogP contribution in [-0.4, -0.2) is 9.91 Å². The number of thiazole rings is 1. The molecule has 1 aromatic heterocycles. The molecule has 0 spiro atoms. The van der Waals surface area contributed by atoms with E-state index < -0.39 is 0 Å². The van der Waals surface area contributed by atoms with Gasteiger partial charge in [0.15, 0.2) is 0 Å². The number of nitro benzene ring substituents is 1. The fraction of sp³-hybridized carbons (Fsp3) is 0.182. The van der Waals surface area contributed by atoms with Crippen molar-refractivity contribution in [3.8, 4) is 0 Å². The topological polar surface area (TPSA) is 68.1 Å². The van der Waals surface area contributed by atoms with E-state index in [-0.39, 0.29) is 16.7 Å². The zero-order chi connectivity index (χ0) is 12.3. The summed E-state index contributed by atoms with van der Waals surface area (Å²) in [6, 6.07) is 6.62. The zero-order valence-corrected chi connectivity index (χ0v) is 9.98. The Morgan fingerprint density at radius 1 is 1.47 bits per heavy atom. The molecule has 17 heavy (non-hydrogen) atoms. The van der Waals surface area contributed by atoms with Gasteiger partial charge < -0.3 is 5.32 Å². The highest BCUT2D eigenvalue weighted by Crippen LogP contribution is 2.28. The summed E-state index contributed by atoms with van der Waals surface area (Å²) < 4.78 is 0. The summed E-state index contributed by atoms with van der Waals surface area (Å²) in [7, 11) is 0. The Bertz CT molecular complexity index is 513. The van der Waals surface area contributed by atoms with Crippen molar-refractivity contribution >= 4 is 22.7 Å². The molecular formula is C11H11N3O2S. The highest BCUT2D eigenvalue weighted by Gasteiger charge is 2.15. The van der Waals surface area contributed by atoms with Gasteiger partial charge in [-0.3, -0.25) is 15.1 Å². The molecule has 1 aromatic carbocycles. The molecule has 5 nitrogen and oxygen atoms in total. The largest absolute Gasteiger partial charge is 0.372 e. The van der Waals surface area contributed by atoms with E-state index in [0.717, 1.165) is 4.88 Å². The number of para-hydroxylation sites is 2. The van der Waals surface area contributed by atoms with Crippen molar-refractivity contribution < 1.29 is 4.92 Å². The number of benzene rings is 1. The summed E-state index contributed by atoms with van der Waals surface area (Å²) in [5, 5.41) is 14.0. The first-order chi connectivity index (χ1) is 8.18. The minimum Gasteiger partial charge on any atom is -0.372 e. The second-order valence-electron chi connectivity index (χ2n) is 3.54. The van der Waals surface area contributed by atoms with Gasteiger partial charge >= 0.3 is 0 Å². The molecule has 0 saturated carbocycles. The molecule has 0 aliphatic heterocycles. The van der Waals surface area contributed by atoms with Crippen molar-refractivity contribution in [1.82, 2.24) is 4.98 Å². The predicted molar refractivity (Wildman–Crippen MR) is 67.2 cm³/mol. The summed E-state index contributed by atoms with van der Waals surface area (Å²) in [6.07, 6.45) is 1.76. The monoisotopic (exact) mass is 249 g/mol. The highest BCUT2D eigenvalue weighted by molar-refractivity contribution is 7.09. The van der Waals surface area contributed by atoms with E-state index in [1.165, 1.54) is 17.4 Å². The van der Waals surface area contributed by atoms with E-state index >= 15 is 0 Å². The van der Waals surface area contributed by atoms with Gasteiger partial charge in [0.1, 0.15) is 5.69 Å². The van der Waals surface area contributed by atoms with Crippen LogP contribution in [-0.2, 0) is 0 Å². The molecule has 2 rings (SSSR count). The summed E-state index contributed by atoms with van der Waals surface area (Å²) in [6.45, 7) is 1.95. The minimum atomic E-state index is -0.387. The van der Waals surface area contributed by atoms with Crippen molar-refractivity contribution in [2.24, 2.45) is 0 Å². The number of hydrogen-bond donors (Lipinski definition) is 1. The minimum absolute atomic E-state index is 0.00333. The fourth-order valence-electron chi connectivity index (χ4n) is 1.50. The van der Waals surface area contributed by atoms with Crippen LogP contribution in [0, 0.1) is 10.1 Å². The van der Waals surface area contributed by atoms with E-state index in [9.17, 15) is 10.1 Å². The number of hydrogen-bond acceptors (Lipinski definition) is 5. The van der Waals surface area contributed by atoms with Crippen LogP contribution in [0.4, 0.5) is 11.4 Å². The lowest BCUT2D eigenvalue weighted by molar-refractivity contribution is -0.384. The number of aromatic nitrogens is 1. The first kappa shape index (κ1) is 11.5. The van der Waals surface area contributed by atoms with Gasteiger partial charge in [0.2, 0.25) is 0 Å². The van der Waals surface area contributed by atoms with E-state index in [1.807, 2.05) is 6.92 Å². The molecule has 1 unspecified atom stereocenters. The maximum absolute atomic E-state index is 10.8. The number of rotatable bonds is 4. The van der Waals surface area contributed by atoms with Crippen LogP contribution < -0.4 is 5.32 Å². The van der Waals surface area contributed by atoms with Crippen molar-refractivity contribution in [2.75, 3.05) is 5.32 Å². The van der Waals surface area contributed by atoms with Crippen LogP contribution in [0.15, 0.2) is 36.0 Å². The summed E-state index contributed by atoms with van der Waals surface area (Å²) in [5.74, 6) is 0. The Balaban J connectivity index is 2.21. The second-order valence-corrected chi connectivity index (χ2v) is 4.46. The molecule has 0 bridgehead atoms. The van der Waals surface area contributed by atoms with Gasteiger partial charge in [-0.05, 0) is 13.0 Å². The zero-order valence-electron chi connectivity index (χ0n) is 9.16. The SMILES string of the molecule is CC(Nc1ccccc1[N+](=O)[O-])c1cncs1. The van der Waals surface area contributed by atoms with Crippen molar-refractivity contribution in [3.63, 3.8) is 0 Å². The fourth-order valence-corrected chi connectivity index (χ4v) is 2.13. The Morgan fingerprint density at radius 3 is 2.88 bits per heavy atom. The lowest BCUT2D eigenvalue weighted by Gasteiger charge is -2.12. The normalized spacial score (nSPS) is 12.1. The van der Waals surface area contributed by atoms with E-state index in [1.54, 1.807) is 29.9 Å². The van der Waals surface area contributed by atoms with Crippen LogP contribution in [0.1, 0.15) is 17.8 Å². The Hall–Kier alpha value is -1.95. The van der Waals surface area contributed by atoms with Crippen molar-refractivity contribution in [2.45, 2.75) is 13.0 Å². The van der Waals surface area contributed by atoms with Gasteiger partial charge in [-0.1, -0.05) is 12.1 Å². The van der Waals surface area contributed by atoms with Crippen LogP contribution in [0.5, 0.6) is 0 Å². The number of anilines is 1. The third kappa shape index (κ3) is 2.59. The third-order valence-electron chi connectivity index (χ3n) is 2.35. The van der Waals surface area contributed by atoms with Crippen LogP contribution in [0.2, 0.25) is 0 Å². The molecule has 0 amide bonds. The molecule has 0 aliphatic rings. The Labute approximate surface area is 102 Å². The Morgan fingerprint density at radius 2 is 2.24 bits per heavy atom. The second kappa shape index (κ2) is 4.92. The molecule has 1 heterocycles. The first-order valence-electron chi connectivity index (χ1n) is 5.07. The number of nitrogens with one attached hydrogen (secondary N) is 1. The van der Waals surface area contributed by atoms with Gasteiger partial charge in [-0.15, -0.1) is 11.3 Å². The molecule has 0 fully saturated rings. The summed E-state index contributed by atoms with van der Waals surface area (Å²) in [4.78, 5) is 15.5. The van der Waals surface area contributed by atoms with E-state index in [2.05, 4.69) is 10.3 Å². The van der Waals surface area contributed by atoms with E-state index in [0.29, 0.717) is 5.69 Å². The average Bonchev–Trinajstić information content (AvgIpc) is 2.83. The first-order valence-corrected chi connectivity index (χ1v) is 5.95. The molecule has 0 saturated heterocycles. The Kier molecular flexibility index (Phi) is 3.34. The van der Waals surface area contributed by atoms with Gasteiger partial charge in [0.05, 0.1) is 16.5 Å². The maximum atomic E-state index is 10.8. The molecule has 1 N–H and O–H groups in total. The molecule has 88 valence electrons. The van der Waals surface area contributed by atoms with Gasteiger partial charge in [-0.25, -0.2) is 0 Å². The summed E-state index contributed by atoms with van der Waals surface area (Å²) in [5.41, 5.74) is 2.36. The molecular weight excluding hydrogens is 238 g/mol. The molecule has 1 atom stereocenters. The van der Waals surface area contributed by atoms with Gasteiger partial charge in [0.25, 0.3) is 5.69 Å². The molecule has 2 aromatic rings. The maximum Gasteiger partial charge on any atom is 0.292 e. The predicted octanol–water partition coefficient (Wildman–Crippen LogP) is 3.22. The quantitative estimate of drug-likeness (QED) is 0.667. The van der Waals surface area contributed by atoms with Crippen molar-refractivity contribution in [3.05, 3.63) is 51.0 Å². The third-order valence-corrected chi connectivity index (χ3v) is 3.31. The summed E-state index contributed by atoms with van der Waals surface area (Å²) >= 11 is 1.52. The van der Waals surface area contributed by atoms with Crippen molar-refractivity contribution in [1.29, 1.82) is 0 Å². The van der Waals surface area contributed by atoms with Gasteiger partial charge in [0, 0.05) is 17.1 Å². The molecule has 0 radical (unpaired) electrons. The average molecular weight is 249 g/mol. The van der Waals surface area contributed by atoms with Gasteiger partial charge in [-0.2, -0.15) is 0 Å². The van der Waals surface area contributed by atoms with Crippen LogP contribution in [0.3, 0.4) is 0 Å². The van der Waals surface area contributed by atoms with E-state index in [4.69, 9.17) is 0 Å². The highest BCUT2D eigenvalue weighted by atomic mass is 32.1. The number of nitrogens with zero attached hydrogens (tertiary/aromatic N) is 2. The lowest BCUT2D eigenvalue weighted by atomic mass is 10.2. The lowest BCUT2D eigenvalue weighted by Crippen LogP contribution is -2.06. The molecule has 0 aliphatic carbocycles. The standard InChI is InChI=1S/C11H11N3O2S/c1-8(11-6-12-7-17-11)13-9-4-2-3-5-10(9)14(15)16/h2-8,13H,1H3. The van der Waals surface area contributed by atoms with Crippen LogP contribution >= 0.6 is 11.3 Å². The molecule has 6 heteroatoms.